The van der Waals surface area contributed by atoms with Crippen LogP contribution in [0.1, 0.15) is 18.4 Å². The van der Waals surface area contributed by atoms with Crippen molar-refractivity contribution in [1.82, 2.24) is 14.7 Å². The predicted octanol–water partition coefficient (Wildman–Crippen LogP) is 2.42. The fourth-order valence-electron chi connectivity index (χ4n) is 4.27. The summed E-state index contributed by atoms with van der Waals surface area (Å²) in [5.41, 5.74) is 1.24. The van der Waals surface area contributed by atoms with Gasteiger partial charge in [0, 0.05) is 43.5 Å². The van der Waals surface area contributed by atoms with Gasteiger partial charge in [-0.25, -0.2) is 0 Å². The van der Waals surface area contributed by atoms with Gasteiger partial charge < -0.3 is 14.9 Å². The first-order valence-corrected chi connectivity index (χ1v) is 9.74. The maximum Gasteiger partial charge on any atom is 0.290 e. The molecule has 1 saturated heterocycles. The maximum absolute atomic E-state index is 10.5. The van der Waals surface area contributed by atoms with Gasteiger partial charge in [-0.2, -0.15) is 5.10 Å². The molecule has 2 fully saturated rings. The molecule has 7 nitrogen and oxygen atoms in total. The third kappa shape index (κ3) is 5.25. The van der Waals surface area contributed by atoms with Crippen LogP contribution in [-0.4, -0.2) is 56.7 Å². The van der Waals surface area contributed by atoms with Gasteiger partial charge in [0.05, 0.1) is 12.3 Å². The molecule has 0 unspecified atom stereocenters. The molecule has 2 heterocycles. The van der Waals surface area contributed by atoms with Crippen molar-refractivity contribution in [3.63, 3.8) is 0 Å². The van der Waals surface area contributed by atoms with Crippen LogP contribution in [0.3, 0.4) is 0 Å². The molecule has 1 saturated carbocycles. The minimum absolute atomic E-state index is 0.155. The summed E-state index contributed by atoms with van der Waals surface area (Å²) in [5, 5.41) is 22.3. The first-order chi connectivity index (χ1) is 13.5. The summed E-state index contributed by atoms with van der Waals surface area (Å²) in [5.74, 6) is 1.86. The number of likely N-dealkylation sites (tertiary alicyclic amines) is 1. The number of aliphatic hydroxyl groups excluding tert-OH is 1. The van der Waals surface area contributed by atoms with E-state index in [0.29, 0.717) is 16.9 Å². The molecule has 1 aliphatic heterocycles. The Labute approximate surface area is 169 Å². The molecule has 152 valence electrons. The van der Waals surface area contributed by atoms with E-state index >= 15 is 0 Å². The summed E-state index contributed by atoms with van der Waals surface area (Å²) in [6, 6.07) is 7.41. The van der Waals surface area contributed by atoms with Crippen molar-refractivity contribution in [2.45, 2.75) is 31.6 Å². The number of hydrogen-bond acceptors (Lipinski definition) is 5. The third-order valence-electron chi connectivity index (χ3n) is 5.41. The molecular weight excluding hydrogens is 382 g/mol. The summed E-state index contributed by atoms with van der Waals surface area (Å²) in [7, 11) is 1.95. The van der Waals surface area contributed by atoms with Gasteiger partial charge in [0.1, 0.15) is 11.9 Å². The van der Waals surface area contributed by atoms with E-state index in [9.17, 15) is 5.11 Å². The highest BCUT2D eigenvalue weighted by molar-refractivity contribution is 6.30. The van der Waals surface area contributed by atoms with E-state index in [-0.39, 0.29) is 12.6 Å². The second-order valence-corrected chi connectivity index (χ2v) is 7.93. The van der Waals surface area contributed by atoms with Gasteiger partial charge in [-0.1, -0.05) is 17.7 Å². The van der Waals surface area contributed by atoms with Crippen LogP contribution in [0.5, 0.6) is 5.75 Å². The highest BCUT2D eigenvalue weighted by Gasteiger charge is 2.42. The van der Waals surface area contributed by atoms with Gasteiger partial charge >= 0.3 is 0 Å². The minimum Gasteiger partial charge on any atom is -0.488 e. The Morgan fingerprint density at radius 3 is 2.68 bits per heavy atom. The van der Waals surface area contributed by atoms with E-state index in [1.165, 1.54) is 5.56 Å². The molecule has 1 aliphatic carbocycles. The van der Waals surface area contributed by atoms with E-state index < -0.39 is 6.10 Å². The van der Waals surface area contributed by atoms with Crippen LogP contribution in [0, 0.1) is 11.8 Å². The van der Waals surface area contributed by atoms with E-state index in [1.807, 2.05) is 42.2 Å². The van der Waals surface area contributed by atoms with Crippen molar-refractivity contribution in [2.24, 2.45) is 18.9 Å². The van der Waals surface area contributed by atoms with Crippen molar-refractivity contribution in [2.75, 3.05) is 13.1 Å². The lowest BCUT2D eigenvalue weighted by Gasteiger charge is -2.35. The SMILES string of the molecule is Cn1cc(CN2C[C@H]3C[C@@H](Oc4cccc(Cl)c4)[C@H](O)C[C@H]3C2)cn1.O=CO. The molecule has 0 spiro atoms. The summed E-state index contributed by atoms with van der Waals surface area (Å²) < 4.78 is 7.89. The maximum atomic E-state index is 10.5. The molecule has 28 heavy (non-hydrogen) atoms. The monoisotopic (exact) mass is 407 g/mol. The Kier molecular flexibility index (Phi) is 6.93. The quantitative estimate of drug-likeness (QED) is 0.757. The Bertz CT molecular complexity index is 784. The van der Waals surface area contributed by atoms with Gasteiger partial charge in [0.2, 0.25) is 0 Å². The topological polar surface area (TPSA) is 87.8 Å². The number of aliphatic hydroxyl groups is 1. The largest absolute Gasteiger partial charge is 0.488 e. The molecule has 4 rings (SSSR count). The van der Waals surface area contributed by atoms with Gasteiger partial charge in [0.25, 0.3) is 6.47 Å². The zero-order valence-corrected chi connectivity index (χ0v) is 16.6. The average Bonchev–Trinajstić information content (AvgIpc) is 3.21. The second kappa shape index (κ2) is 9.41. The zero-order valence-electron chi connectivity index (χ0n) is 15.8. The second-order valence-electron chi connectivity index (χ2n) is 7.49. The highest BCUT2D eigenvalue weighted by atomic mass is 35.5. The van der Waals surface area contributed by atoms with Crippen molar-refractivity contribution >= 4 is 18.1 Å². The number of hydrogen-bond donors (Lipinski definition) is 2. The normalized spacial score (nSPS) is 26.8. The van der Waals surface area contributed by atoms with Crippen LogP contribution in [-0.2, 0) is 18.4 Å². The molecule has 0 bridgehead atoms. The first-order valence-electron chi connectivity index (χ1n) is 9.36. The van der Waals surface area contributed by atoms with Crippen LogP contribution in [0.2, 0.25) is 5.02 Å². The van der Waals surface area contributed by atoms with Crippen LogP contribution >= 0.6 is 11.6 Å². The van der Waals surface area contributed by atoms with E-state index in [4.69, 9.17) is 26.2 Å². The summed E-state index contributed by atoms with van der Waals surface area (Å²) in [6.45, 7) is 2.78. The van der Waals surface area contributed by atoms with Crippen molar-refractivity contribution in [1.29, 1.82) is 0 Å². The number of ether oxygens (including phenoxy) is 1. The lowest BCUT2D eigenvalue weighted by atomic mass is 9.78. The number of fused-ring (bicyclic) bond motifs is 1. The fraction of sp³-hybridized carbons (Fsp3) is 0.500. The van der Waals surface area contributed by atoms with Crippen LogP contribution in [0.4, 0.5) is 0 Å². The highest BCUT2D eigenvalue weighted by Crippen LogP contribution is 2.38. The van der Waals surface area contributed by atoms with Crippen molar-refractivity contribution in [3.8, 4) is 5.75 Å². The number of benzene rings is 1. The van der Waals surface area contributed by atoms with Crippen LogP contribution in [0.15, 0.2) is 36.7 Å². The Morgan fingerprint density at radius 1 is 1.32 bits per heavy atom. The number of carbonyl (C=O) groups is 1. The molecular formula is C20H26ClN3O4. The van der Waals surface area contributed by atoms with Crippen molar-refractivity contribution < 1.29 is 19.7 Å². The van der Waals surface area contributed by atoms with Gasteiger partial charge in [0.15, 0.2) is 0 Å². The number of aryl methyl sites for hydroxylation is 1. The Hall–Kier alpha value is -2.09. The van der Waals surface area contributed by atoms with Crippen molar-refractivity contribution in [3.05, 3.63) is 47.2 Å². The van der Waals surface area contributed by atoms with Crippen LogP contribution < -0.4 is 4.74 Å². The number of rotatable bonds is 4. The summed E-state index contributed by atoms with van der Waals surface area (Å²) in [6.07, 6.45) is 5.13. The molecule has 1 aromatic heterocycles. The predicted molar refractivity (Wildman–Crippen MR) is 105 cm³/mol. The van der Waals surface area contributed by atoms with E-state index in [1.54, 1.807) is 0 Å². The smallest absolute Gasteiger partial charge is 0.290 e. The number of halogens is 1. The van der Waals surface area contributed by atoms with Gasteiger partial charge in [-0.3, -0.25) is 14.4 Å². The van der Waals surface area contributed by atoms with Gasteiger partial charge in [-0.15, -0.1) is 0 Å². The van der Waals surface area contributed by atoms with E-state index in [2.05, 4.69) is 16.2 Å². The molecule has 2 N–H and O–H groups in total. The number of carboxylic acid groups (broad SMARTS) is 1. The molecule has 8 heteroatoms. The molecule has 0 amide bonds. The molecule has 2 aliphatic rings. The Balaban J connectivity index is 0.000000706. The summed E-state index contributed by atoms with van der Waals surface area (Å²) in [4.78, 5) is 10.8. The first kappa shape index (κ1) is 20.6. The third-order valence-corrected chi connectivity index (χ3v) is 5.64. The number of nitrogens with zero attached hydrogens (tertiary/aromatic N) is 3. The molecule has 2 aromatic rings. The lowest BCUT2D eigenvalue weighted by Crippen LogP contribution is -2.42. The average molecular weight is 408 g/mol. The minimum atomic E-state index is -0.418. The molecule has 1 aromatic carbocycles. The van der Waals surface area contributed by atoms with Gasteiger partial charge in [-0.05, 0) is 42.9 Å². The molecule has 4 atom stereocenters. The Morgan fingerprint density at radius 2 is 2.04 bits per heavy atom. The summed E-state index contributed by atoms with van der Waals surface area (Å²) >= 11 is 6.03. The standard InChI is InChI=1S/C19H24ClN3O2.CH2O2/c1-22-9-13(8-21-22)10-23-11-14-5-18(24)19(6-15(14)12-23)25-17-4-2-3-16(20)7-17;2-1-3/h2-4,7-9,14-15,18-19,24H,5-6,10-12H2,1H3;1H,(H,2,3)/t14-,15+,18+,19+;/m0./s1. The lowest BCUT2D eigenvalue weighted by molar-refractivity contribution is -0.122. The van der Waals surface area contributed by atoms with Crippen LogP contribution in [0.25, 0.3) is 0 Å². The fourth-order valence-corrected chi connectivity index (χ4v) is 4.45. The number of aromatic nitrogens is 2. The molecule has 0 radical (unpaired) electrons. The zero-order chi connectivity index (χ0) is 20.1. The van der Waals surface area contributed by atoms with E-state index in [0.717, 1.165) is 38.2 Å².